The smallest absolute Gasteiger partial charge is 0.313 e. The van der Waals surface area contributed by atoms with Gasteiger partial charge >= 0.3 is 5.69 Å². The molecule has 2 aromatic heterocycles. The zero-order chi connectivity index (χ0) is 19.0. The Morgan fingerprint density at radius 2 is 1.85 bits per heavy atom. The molecule has 0 radical (unpaired) electrons. The highest BCUT2D eigenvalue weighted by Crippen LogP contribution is 2.31. The molecule has 136 valence electrons. The number of anilines is 1. The molecule has 0 aliphatic heterocycles. The topological polar surface area (TPSA) is 125 Å². The number of hydrogen-bond acceptors (Lipinski definition) is 6. The number of rotatable bonds is 4. The van der Waals surface area contributed by atoms with Crippen LogP contribution in [0.15, 0.2) is 69.2 Å². The molecule has 4 rings (SSSR count). The minimum absolute atomic E-state index is 0.275. The lowest BCUT2D eigenvalue weighted by Crippen LogP contribution is -2.29. The van der Waals surface area contributed by atoms with E-state index in [0.717, 1.165) is 27.0 Å². The SMILES string of the molecule is O=c1[nH]cc(S(=O)(=O)Nc2cccc(-c3nc4ccccc4s3)c2)c(=O)[nH]1. The van der Waals surface area contributed by atoms with Gasteiger partial charge in [0.25, 0.3) is 15.6 Å². The molecule has 10 heteroatoms. The van der Waals surface area contributed by atoms with Crippen LogP contribution in [0.3, 0.4) is 0 Å². The predicted octanol–water partition coefficient (Wildman–Crippen LogP) is 2.14. The second kappa shape index (κ2) is 6.49. The molecule has 0 saturated heterocycles. The molecule has 0 bridgehead atoms. The van der Waals surface area contributed by atoms with E-state index >= 15 is 0 Å². The Labute approximate surface area is 156 Å². The number of hydrogen-bond donors (Lipinski definition) is 3. The largest absolute Gasteiger partial charge is 0.325 e. The van der Waals surface area contributed by atoms with Crippen LogP contribution in [0.2, 0.25) is 0 Å². The van der Waals surface area contributed by atoms with Gasteiger partial charge in [-0.15, -0.1) is 11.3 Å². The number of nitrogens with zero attached hydrogens (tertiary/aromatic N) is 1. The minimum atomic E-state index is -4.17. The molecule has 4 aromatic rings. The first-order chi connectivity index (χ1) is 12.9. The molecule has 0 unspecified atom stereocenters. The van der Waals surface area contributed by atoms with Gasteiger partial charge in [-0.1, -0.05) is 24.3 Å². The van der Waals surface area contributed by atoms with E-state index in [1.165, 1.54) is 11.3 Å². The fourth-order valence-corrected chi connectivity index (χ4v) is 4.54. The van der Waals surface area contributed by atoms with Crippen molar-refractivity contribution in [2.45, 2.75) is 4.90 Å². The Morgan fingerprint density at radius 3 is 2.63 bits per heavy atom. The molecule has 0 spiro atoms. The second-order valence-corrected chi connectivity index (χ2v) is 8.29. The maximum atomic E-state index is 12.5. The van der Waals surface area contributed by atoms with Crippen molar-refractivity contribution in [3.05, 3.63) is 75.6 Å². The van der Waals surface area contributed by atoms with Crippen LogP contribution in [-0.4, -0.2) is 23.4 Å². The van der Waals surface area contributed by atoms with Crippen molar-refractivity contribution in [2.24, 2.45) is 0 Å². The molecule has 2 aromatic carbocycles. The Kier molecular flexibility index (Phi) is 4.13. The van der Waals surface area contributed by atoms with Crippen molar-refractivity contribution in [3.8, 4) is 10.6 Å². The third-order valence-electron chi connectivity index (χ3n) is 3.73. The van der Waals surface area contributed by atoms with E-state index in [-0.39, 0.29) is 5.69 Å². The quantitative estimate of drug-likeness (QED) is 0.484. The molecule has 0 saturated carbocycles. The van der Waals surface area contributed by atoms with Gasteiger partial charge < -0.3 is 4.98 Å². The third kappa shape index (κ3) is 3.39. The summed E-state index contributed by atoms with van der Waals surface area (Å²) in [6.07, 6.45) is 0.862. The summed E-state index contributed by atoms with van der Waals surface area (Å²) in [7, 11) is -4.17. The van der Waals surface area contributed by atoms with Crippen molar-refractivity contribution >= 4 is 37.3 Å². The number of aromatic nitrogens is 3. The number of benzene rings is 2. The van der Waals surface area contributed by atoms with Gasteiger partial charge in [-0.25, -0.2) is 18.2 Å². The predicted molar refractivity (Wildman–Crippen MR) is 104 cm³/mol. The first-order valence-corrected chi connectivity index (χ1v) is 10.0. The van der Waals surface area contributed by atoms with E-state index in [0.29, 0.717) is 0 Å². The van der Waals surface area contributed by atoms with Crippen LogP contribution in [0.4, 0.5) is 5.69 Å². The summed E-state index contributed by atoms with van der Waals surface area (Å²) in [5.74, 6) is 0. The lowest BCUT2D eigenvalue weighted by molar-refractivity contribution is 0.599. The average molecular weight is 400 g/mol. The molecular weight excluding hydrogens is 388 g/mol. The molecular formula is C17H12N4O4S2. The van der Waals surface area contributed by atoms with E-state index in [4.69, 9.17) is 0 Å². The van der Waals surface area contributed by atoms with Crippen molar-refractivity contribution in [1.82, 2.24) is 15.0 Å². The Morgan fingerprint density at radius 1 is 1.04 bits per heavy atom. The number of fused-ring (bicyclic) bond motifs is 1. The Balaban J connectivity index is 1.70. The summed E-state index contributed by atoms with van der Waals surface area (Å²) < 4.78 is 28.3. The van der Waals surface area contributed by atoms with Crippen LogP contribution in [0.5, 0.6) is 0 Å². The molecule has 3 N–H and O–H groups in total. The first kappa shape index (κ1) is 17.2. The van der Waals surface area contributed by atoms with E-state index in [9.17, 15) is 18.0 Å². The fourth-order valence-electron chi connectivity index (χ4n) is 2.52. The number of sulfonamides is 1. The second-order valence-electron chi connectivity index (χ2n) is 5.61. The third-order valence-corrected chi connectivity index (χ3v) is 6.20. The highest BCUT2D eigenvalue weighted by molar-refractivity contribution is 7.92. The van der Waals surface area contributed by atoms with Crippen LogP contribution in [0.1, 0.15) is 0 Å². The highest BCUT2D eigenvalue weighted by atomic mass is 32.2. The molecule has 0 fully saturated rings. The number of aromatic amines is 2. The average Bonchev–Trinajstić information content (AvgIpc) is 3.05. The summed E-state index contributed by atoms with van der Waals surface area (Å²) >= 11 is 1.49. The maximum absolute atomic E-state index is 12.5. The lowest BCUT2D eigenvalue weighted by atomic mass is 10.2. The standard InChI is InChI=1S/C17H12N4O4S2/c22-15-14(9-18-17(23)20-15)27(24,25)21-11-5-3-4-10(8-11)16-19-12-6-1-2-7-13(12)26-16/h1-9,21H,(H2,18,20,22,23). The van der Waals surface area contributed by atoms with Gasteiger partial charge in [0.05, 0.1) is 10.2 Å². The monoisotopic (exact) mass is 400 g/mol. The van der Waals surface area contributed by atoms with Crippen molar-refractivity contribution < 1.29 is 8.42 Å². The molecule has 27 heavy (non-hydrogen) atoms. The minimum Gasteiger partial charge on any atom is -0.313 e. The molecule has 0 aliphatic carbocycles. The summed E-state index contributed by atoms with van der Waals surface area (Å²) in [6, 6.07) is 14.4. The van der Waals surface area contributed by atoms with Crippen LogP contribution in [0, 0.1) is 0 Å². The molecule has 2 heterocycles. The van der Waals surface area contributed by atoms with Gasteiger partial charge in [0.15, 0.2) is 4.90 Å². The summed E-state index contributed by atoms with van der Waals surface area (Å²) in [5.41, 5.74) is 0.109. The normalized spacial score (nSPS) is 11.6. The molecule has 0 atom stereocenters. The lowest BCUT2D eigenvalue weighted by Gasteiger charge is -2.08. The van der Waals surface area contributed by atoms with E-state index in [2.05, 4.69) is 14.7 Å². The van der Waals surface area contributed by atoms with Gasteiger partial charge in [-0.3, -0.25) is 14.5 Å². The molecule has 0 amide bonds. The fraction of sp³-hybridized carbons (Fsp3) is 0. The van der Waals surface area contributed by atoms with Gasteiger partial charge in [0.2, 0.25) is 0 Å². The van der Waals surface area contributed by atoms with Crippen molar-refractivity contribution in [1.29, 1.82) is 0 Å². The van der Waals surface area contributed by atoms with Gasteiger partial charge in [0, 0.05) is 17.4 Å². The van der Waals surface area contributed by atoms with Crippen LogP contribution in [0.25, 0.3) is 20.8 Å². The summed E-state index contributed by atoms with van der Waals surface area (Å²) in [5, 5.41) is 0.749. The first-order valence-electron chi connectivity index (χ1n) is 7.73. The van der Waals surface area contributed by atoms with Crippen molar-refractivity contribution in [3.63, 3.8) is 0 Å². The number of para-hydroxylation sites is 1. The van der Waals surface area contributed by atoms with Crippen LogP contribution in [-0.2, 0) is 10.0 Å². The Hall–Kier alpha value is -3.24. The molecule has 8 nitrogen and oxygen atoms in total. The van der Waals surface area contributed by atoms with Gasteiger partial charge in [-0.2, -0.15) is 0 Å². The van der Waals surface area contributed by atoms with Crippen LogP contribution >= 0.6 is 11.3 Å². The van der Waals surface area contributed by atoms with Crippen molar-refractivity contribution in [2.75, 3.05) is 4.72 Å². The van der Waals surface area contributed by atoms with Crippen LogP contribution < -0.4 is 16.0 Å². The van der Waals surface area contributed by atoms with Gasteiger partial charge in [0.1, 0.15) is 5.01 Å². The van der Waals surface area contributed by atoms with Gasteiger partial charge in [-0.05, 0) is 24.3 Å². The summed E-state index contributed by atoms with van der Waals surface area (Å²) in [4.78, 5) is 30.8. The van der Waals surface area contributed by atoms with E-state index < -0.39 is 26.2 Å². The summed E-state index contributed by atoms with van der Waals surface area (Å²) in [6.45, 7) is 0. The van der Waals surface area contributed by atoms with E-state index in [1.807, 2.05) is 35.3 Å². The zero-order valence-electron chi connectivity index (χ0n) is 13.6. The number of nitrogens with one attached hydrogen (secondary N) is 3. The van der Waals surface area contributed by atoms with E-state index in [1.54, 1.807) is 18.2 Å². The Bertz CT molecular complexity index is 1340. The number of H-pyrrole nitrogens is 2. The zero-order valence-corrected chi connectivity index (χ0v) is 15.2. The highest BCUT2D eigenvalue weighted by Gasteiger charge is 2.19. The maximum Gasteiger partial charge on any atom is 0.325 e. The molecule has 0 aliphatic rings. The number of thiazole rings is 1.